The minimum atomic E-state index is -4.54. The van der Waals surface area contributed by atoms with Gasteiger partial charge in [-0.05, 0) is 18.2 Å². The maximum Gasteiger partial charge on any atom is 0.416 e. The van der Waals surface area contributed by atoms with Crippen LogP contribution in [-0.4, -0.2) is 16.1 Å². The molecule has 0 fully saturated rings. The zero-order chi connectivity index (χ0) is 14.8. The van der Waals surface area contributed by atoms with E-state index in [4.69, 9.17) is 5.26 Å². The molecule has 2 aromatic rings. The Bertz CT molecular complexity index is 671. The Morgan fingerprint density at radius 2 is 2.15 bits per heavy atom. The van der Waals surface area contributed by atoms with Crippen molar-refractivity contribution in [2.75, 3.05) is 5.32 Å². The van der Waals surface area contributed by atoms with Gasteiger partial charge in [0.15, 0.2) is 0 Å². The minimum Gasteiger partial charge on any atom is -0.321 e. The van der Waals surface area contributed by atoms with E-state index in [0.29, 0.717) is 6.07 Å². The number of anilines is 1. The fraction of sp³-hybridized carbons (Fsp3) is 0.0833. The smallest absolute Gasteiger partial charge is 0.321 e. The third-order valence-corrected chi connectivity index (χ3v) is 2.48. The van der Waals surface area contributed by atoms with Crippen LogP contribution in [0.5, 0.6) is 0 Å². The first-order valence-electron chi connectivity index (χ1n) is 5.33. The third kappa shape index (κ3) is 2.77. The Balaban J connectivity index is 2.29. The zero-order valence-electron chi connectivity index (χ0n) is 9.82. The minimum absolute atomic E-state index is 0.00620. The standard InChI is InChI=1S/C12H7F3N4O/c13-12(14,15)9-1-2-10(7(3-9)4-16)19-11(20)8-5-17-18-6-8/h1-3,5-6H,(H,17,18)(H,19,20). The number of carbonyl (C=O) groups excluding carboxylic acids is 1. The molecule has 0 aliphatic rings. The van der Waals surface area contributed by atoms with Gasteiger partial charge in [0, 0.05) is 6.20 Å². The number of alkyl halides is 3. The number of benzene rings is 1. The lowest BCUT2D eigenvalue weighted by Gasteiger charge is -2.10. The summed E-state index contributed by atoms with van der Waals surface area (Å²) in [5.41, 5.74) is -1.01. The summed E-state index contributed by atoms with van der Waals surface area (Å²) >= 11 is 0. The first-order chi connectivity index (χ1) is 9.41. The van der Waals surface area contributed by atoms with Gasteiger partial charge >= 0.3 is 6.18 Å². The van der Waals surface area contributed by atoms with Crippen molar-refractivity contribution in [2.45, 2.75) is 6.18 Å². The quantitative estimate of drug-likeness (QED) is 0.886. The van der Waals surface area contributed by atoms with Crippen molar-refractivity contribution in [3.05, 3.63) is 47.3 Å². The van der Waals surface area contributed by atoms with Crippen LogP contribution in [0.4, 0.5) is 18.9 Å². The summed E-state index contributed by atoms with van der Waals surface area (Å²) in [5.74, 6) is -0.574. The molecule has 2 N–H and O–H groups in total. The van der Waals surface area contributed by atoms with Gasteiger partial charge in [0.25, 0.3) is 5.91 Å². The molecule has 0 spiro atoms. The predicted molar refractivity (Wildman–Crippen MR) is 62.7 cm³/mol. The van der Waals surface area contributed by atoms with Crippen LogP contribution in [0.2, 0.25) is 0 Å². The summed E-state index contributed by atoms with van der Waals surface area (Å²) in [5, 5.41) is 17.2. The SMILES string of the molecule is N#Cc1cc(C(F)(F)F)ccc1NC(=O)c1cn[nH]c1. The summed E-state index contributed by atoms with van der Waals surface area (Å²) in [6.07, 6.45) is -1.96. The van der Waals surface area contributed by atoms with E-state index in [9.17, 15) is 18.0 Å². The van der Waals surface area contributed by atoms with Gasteiger partial charge in [0.2, 0.25) is 0 Å². The van der Waals surface area contributed by atoms with Crippen LogP contribution < -0.4 is 5.32 Å². The lowest BCUT2D eigenvalue weighted by Crippen LogP contribution is -2.13. The van der Waals surface area contributed by atoms with Crippen LogP contribution in [0.15, 0.2) is 30.6 Å². The number of aromatic amines is 1. The molecule has 0 aliphatic carbocycles. The van der Waals surface area contributed by atoms with E-state index in [1.54, 1.807) is 6.07 Å². The molecule has 2 rings (SSSR count). The molecular formula is C12H7F3N4O. The van der Waals surface area contributed by atoms with Crippen molar-refractivity contribution < 1.29 is 18.0 Å². The monoisotopic (exact) mass is 280 g/mol. The molecule has 8 heteroatoms. The van der Waals surface area contributed by atoms with Gasteiger partial charge in [-0.2, -0.15) is 23.5 Å². The number of H-pyrrole nitrogens is 1. The van der Waals surface area contributed by atoms with Crippen LogP contribution in [-0.2, 0) is 6.18 Å². The predicted octanol–water partition coefficient (Wildman–Crippen LogP) is 2.55. The molecule has 5 nitrogen and oxygen atoms in total. The first kappa shape index (κ1) is 13.6. The molecule has 0 saturated carbocycles. The number of rotatable bonds is 2. The third-order valence-electron chi connectivity index (χ3n) is 2.48. The highest BCUT2D eigenvalue weighted by molar-refractivity contribution is 6.04. The fourth-order valence-electron chi connectivity index (χ4n) is 1.49. The number of carbonyl (C=O) groups is 1. The molecule has 20 heavy (non-hydrogen) atoms. The molecule has 1 aromatic heterocycles. The van der Waals surface area contributed by atoms with Crippen LogP contribution in [0.1, 0.15) is 21.5 Å². The van der Waals surface area contributed by atoms with E-state index < -0.39 is 17.6 Å². The number of halogens is 3. The lowest BCUT2D eigenvalue weighted by molar-refractivity contribution is -0.137. The first-order valence-corrected chi connectivity index (χ1v) is 5.33. The Labute approximate surface area is 111 Å². The molecule has 0 aliphatic heterocycles. The van der Waals surface area contributed by atoms with Crippen molar-refractivity contribution in [3.8, 4) is 6.07 Å². The molecular weight excluding hydrogens is 273 g/mol. The Hall–Kier alpha value is -2.82. The van der Waals surface area contributed by atoms with Crippen molar-refractivity contribution in [2.24, 2.45) is 0 Å². The number of nitrogens with zero attached hydrogens (tertiary/aromatic N) is 2. The van der Waals surface area contributed by atoms with Crippen LogP contribution in [0.25, 0.3) is 0 Å². The Kier molecular flexibility index (Phi) is 3.43. The van der Waals surface area contributed by atoms with E-state index in [2.05, 4.69) is 15.5 Å². The summed E-state index contributed by atoms with van der Waals surface area (Å²) in [6, 6.07) is 4.14. The van der Waals surface area contributed by atoms with Crippen molar-refractivity contribution in [1.82, 2.24) is 10.2 Å². The van der Waals surface area contributed by atoms with E-state index in [0.717, 1.165) is 12.1 Å². The van der Waals surface area contributed by atoms with Crippen molar-refractivity contribution >= 4 is 11.6 Å². The van der Waals surface area contributed by atoms with Gasteiger partial charge in [-0.3, -0.25) is 9.89 Å². The van der Waals surface area contributed by atoms with Crippen LogP contribution in [0, 0.1) is 11.3 Å². The van der Waals surface area contributed by atoms with Crippen LogP contribution >= 0.6 is 0 Å². The highest BCUT2D eigenvalue weighted by Crippen LogP contribution is 2.31. The van der Waals surface area contributed by atoms with E-state index in [1.165, 1.54) is 12.4 Å². The normalized spacial score (nSPS) is 10.9. The zero-order valence-corrected chi connectivity index (χ0v) is 9.82. The second-order valence-corrected chi connectivity index (χ2v) is 3.81. The molecule has 0 saturated heterocycles. The van der Waals surface area contributed by atoms with Gasteiger partial charge in [0.1, 0.15) is 6.07 Å². The Morgan fingerprint density at radius 3 is 2.70 bits per heavy atom. The van der Waals surface area contributed by atoms with Crippen molar-refractivity contribution in [3.63, 3.8) is 0 Å². The van der Waals surface area contributed by atoms with Crippen molar-refractivity contribution in [1.29, 1.82) is 5.26 Å². The molecule has 102 valence electrons. The van der Waals surface area contributed by atoms with E-state index in [-0.39, 0.29) is 16.8 Å². The van der Waals surface area contributed by atoms with Crippen LogP contribution in [0.3, 0.4) is 0 Å². The average molecular weight is 280 g/mol. The molecule has 1 aromatic carbocycles. The summed E-state index contributed by atoms with van der Waals surface area (Å²) < 4.78 is 37.5. The van der Waals surface area contributed by atoms with Gasteiger partial charge in [-0.1, -0.05) is 0 Å². The molecule has 1 heterocycles. The topological polar surface area (TPSA) is 81.6 Å². The average Bonchev–Trinajstić information content (AvgIpc) is 2.91. The number of hydrogen-bond acceptors (Lipinski definition) is 3. The van der Waals surface area contributed by atoms with E-state index in [1.807, 2.05) is 0 Å². The highest BCUT2D eigenvalue weighted by Gasteiger charge is 2.31. The fourth-order valence-corrected chi connectivity index (χ4v) is 1.49. The summed E-state index contributed by atoms with van der Waals surface area (Å²) in [7, 11) is 0. The number of amides is 1. The summed E-state index contributed by atoms with van der Waals surface area (Å²) in [6.45, 7) is 0. The molecule has 0 radical (unpaired) electrons. The summed E-state index contributed by atoms with van der Waals surface area (Å²) in [4.78, 5) is 11.7. The largest absolute Gasteiger partial charge is 0.416 e. The van der Waals surface area contributed by atoms with E-state index >= 15 is 0 Å². The number of nitrogens with one attached hydrogen (secondary N) is 2. The number of hydrogen-bond donors (Lipinski definition) is 2. The van der Waals surface area contributed by atoms with Gasteiger partial charge < -0.3 is 5.32 Å². The Morgan fingerprint density at radius 1 is 1.40 bits per heavy atom. The second kappa shape index (κ2) is 5.05. The molecule has 0 unspecified atom stereocenters. The molecule has 1 amide bonds. The maximum absolute atomic E-state index is 12.5. The van der Waals surface area contributed by atoms with Gasteiger partial charge in [0.05, 0.1) is 28.6 Å². The maximum atomic E-state index is 12.5. The highest BCUT2D eigenvalue weighted by atomic mass is 19.4. The number of aromatic nitrogens is 2. The molecule has 0 bridgehead atoms. The second-order valence-electron chi connectivity index (χ2n) is 3.81. The lowest BCUT2D eigenvalue weighted by atomic mass is 10.1. The number of nitriles is 1. The molecule has 0 atom stereocenters. The van der Waals surface area contributed by atoms with Gasteiger partial charge in [-0.25, -0.2) is 0 Å². The van der Waals surface area contributed by atoms with Gasteiger partial charge in [-0.15, -0.1) is 0 Å².